The monoisotopic (exact) mass is 363 g/mol. The molecule has 4 aromatic rings. The molecule has 0 bridgehead atoms. The summed E-state index contributed by atoms with van der Waals surface area (Å²) in [7, 11) is 0. The van der Waals surface area contributed by atoms with Crippen molar-refractivity contribution < 1.29 is 13.2 Å². The number of aromatic nitrogens is 1. The number of rotatable bonds is 3. The van der Waals surface area contributed by atoms with Gasteiger partial charge in [-0.15, -0.1) is 0 Å². The molecule has 0 fully saturated rings. The molecule has 0 aliphatic rings. The Kier molecular flexibility index (Phi) is 4.40. The van der Waals surface area contributed by atoms with Crippen LogP contribution in [0.5, 0.6) is 0 Å². The van der Waals surface area contributed by atoms with Crippen LogP contribution < -0.4 is 0 Å². The van der Waals surface area contributed by atoms with Crippen molar-refractivity contribution in [1.29, 1.82) is 0 Å². The standard InChI is InChI=1S/C23H16F3N/c24-23(25,26)20-13-7-12-19-21(17-10-5-2-6-11-17)18(15-27-22(19)20)14-16-8-3-1-4-9-16/h1-13,15H,14H2. The number of fused-ring (bicyclic) bond motifs is 1. The van der Waals surface area contributed by atoms with E-state index in [0.29, 0.717) is 11.8 Å². The van der Waals surface area contributed by atoms with Gasteiger partial charge in [0, 0.05) is 11.6 Å². The molecule has 0 amide bonds. The van der Waals surface area contributed by atoms with Crippen LogP contribution in [0.15, 0.2) is 85.1 Å². The van der Waals surface area contributed by atoms with Crippen molar-refractivity contribution >= 4 is 10.9 Å². The fourth-order valence-electron chi connectivity index (χ4n) is 3.39. The third-order valence-corrected chi connectivity index (χ3v) is 4.58. The zero-order valence-electron chi connectivity index (χ0n) is 14.4. The molecule has 1 heterocycles. The highest BCUT2D eigenvalue weighted by Crippen LogP contribution is 2.38. The highest BCUT2D eigenvalue weighted by molar-refractivity contribution is 5.97. The normalized spacial score (nSPS) is 11.7. The van der Waals surface area contributed by atoms with Gasteiger partial charge in [0.05, 0.1) is 11.1 Å². The van der Waals surface area contributed by atoms with Crippen molar-refractivity contribution in [2.75, 3.05) is 0 Å². The molecular formula is C23H16F3N. The number of benzene rings is 3. The van der Waals surface area contributed by atoms with E-state index in [2.05, 4.69) is 4.98 Å². The summed E-state index contributed by atoms with van der Waals surface area (Å²) < 4.78 is 40.4. The Morgan fingerprint density at radius 2 is 1.41 bits per heavy atom. The molecule has 134 valence electrons. The van der Waals surface area contributed by atoms with Crippen LogP contribution >= 0.6 is 0 Å². The Labute approximate surface area is 155 Å². The van der Waals surface area contributed by atoms with Gasteiger partial charge in [0.1, 0.15) is 0 Å². The van der Waals surface area contributed by atoms with Gasteiger partial charge in [0.15, 0.2) is 0 Å². The van der Waals surface area contributed by atoms with E-state index in [1.807, 2.05) is 60.7 Å². The van der Waals surface area contributed by atoms with Crippen molar-refractivity contribution in [3.8, 4) is 11.1 Å². The lowest BCUT2D eigenvalue weighted by Crippen LogP contribution is -2.07. The zero-order chi connectivity index (χ0) is 18.9. The molecule has 0 unspecified atom stereocenters. The molecule has 0 aliphatic heterocycles. The van der Waals surface area contributed by atoms with Crippen molar-refractivity contribution in [2.45, 2.75) is 12.6 Å². The average Bonchev–Trinajstić information content (AvgIpc) is 2.68. The van der Waals surface area contributed by atoms with Crippen molar-refractivity contribution in [1.82, 2.24) is 4.98 Å². The molecular weight excluding hydrogens is 347 g/mol. The fraction of sp³-hybridized carbons (Fsp3) is 0.0870. The Morgan fingerprint density at radius 1 is 0.741 bits per heavy atom. The highest BCUT2D eigenvalue weighted by Gasteiger charge is 2.33. The second kappa shape index (κ2) is 6.88. The SMILES string of the molecule is FC(F)(F)c1cccc2c(-c3ccccc3)c(Cc3ccccc3)cnc12. The van der Waals surface area contributed by atoms with Crippen LogP contribution in [-0.4, -0.2) is 4.98 Å². The largest absolute Gasteiger partial charge is 0.418 e. The van der Waals surface area contributed by atoms with Crippen LogP contribution in [0.1, 0.15) is 16.7 Å². The molecule has 1 nitrogen and oxygen atoms in total. The first-order chi connectivity index (χ1) is 13.0. The second-order valence-electron chi connectivity index (χ2n) is 6.39. The van der Waals surface area contributed by atoms with Gasteiger partial charge in [-0.05, 0) is 34.7 Å². The summed E-state index contributed by atoms with van der Waals surface area (Å²) in [5.41, 5.74) is 2.96. The van der Waals surface area contributed by atoms with Gasteiger partial charge in [0.25, 0.3) is 0 Å². The minimum atomic E-state index is -4.44. The number of nitrogens with zero attached hydrogens (tertiary/aromatic N) is 1. The summed E-state index contributed by atoms with van der Waals surface area (Å²) in [6.07, 6.45) is -2.27. The quantitative estimate of drug-likeness (QED) is 0.404. The summed E-state index contributed by atoms with van der Waals surface area (Å²) in [4.78, 5) is 4.21. The average molecular weight is 363 g/mol. The molecule has 0 aliphatic carbocycles. The Bertz CT molecular complexity index is 1070. The van der Waals surface area contributed by atoms with E-state index < -0.39 is 11.7 Å². The number of hydrogen-bond acceptors (Lipinski definition) is 1. The second-order valence-corrected chi connectivity index (χ2v) is 6.39. The van der Waals surface area contributed by atoms with E-state index in [1.165, 1.54) is 6.07 Å². The topological polar surface area (TPSA) is 12.9 Å². The molecule has 0 N–H and O–H groups in total. The van der Waals surface area contributed by atoms with Gasteiger partial charge in [0.2, 0.25) is 0 Å². The van der Waals surface area contributed by atoms with Crippen molar-refractivity contribution in [2.24, 2.45) is 0 Å². The first-order valence-corrected chi connectivity index (χ1v) is 8.61. The van der Waals surface area contributed by atoms with Crippen LogP contribution in [0.2, 0.25) is 0 Å². The zero-order valence-corrected chi connectivity index (χ0v) is 14.4. The Hall–Kier alpha value is -3.14. The van der Waals surface area contributed by atoms with Gasteiger partial charge >= 0.3 is 6.18 Å². The molecule has 1 aromatic heterocycles. The number of alkyl halides is 3. The van der Waals surface area contributed by atoms with Crippen LogP contribution in [0.25, 0.3) is 22.0 Å². The fourth-order valence-corrected chi connectivity index (χ4v) is 3.39. The molecule has 27 heavy (non-hydrogen) atoms. The maximum absolute atomic E-state index is 13.5. The van der Waals surface area contributed by atoms with Gasteiger partial charge in [-0.3, -0.25) is 4.98 Å². The van der Waals surface area contributed by atoms with E-state index in [-0.39, 0.29) is 5.52 Å². The summed E-state index contributed by atoms with van der Waals surface area (Å²) >= 11 is 0. The van der Waals surface area contributed by atoms with Crippen LogP contribution in [0.4, 0.5) is 13.2 Å². The minimum absolute atomic E-state index is 0.0133. The smallest absolute Gasteiger partial charge is 0.255 e. The molecule has 0 saturated heterocycles. The molecule has 3 aromatic carbocycles. The highest BCUT2D eigenvalue weighted by atomic mass is 19.4. The number of halogens is 3. The van der Waals surface area contributed by atoms with Crippen LogP contribution in [0, 0.1) is 0 Å². The maximum Gasteiger partial charge on any atom is 0.418 e. The molecule has 0 atom stereocenters. The van der Waals surface area contributed by atoms with Crippen LogP contribution in [0.3, 0.4) is 0 Å². The van der Waals surface area contributed by atoms with E-state index in [9.17, 15) is 13.2 Å². The van der Waals surface area contributed by atoms with E-state index in [1.54, 1.807) is 12.3 Å². The van der Waals surface area contributed by atoms with E-state index >= 15 is 0 Å². The molecule has 0 saturated carbocycles. The number of hydrogen-bond donors (Lipinski definition) is 0. The predicted octanol–water partition coefficient (Wildman–Crippen LogP) is 6.51. The molecule has 4 heteroatoms. The number of pyridine rings is 1. The van der Waals surface area contributed by atoms with E-state index in [4.69, 9.17) is 0 Å². The van der Waals surface area contributed by atoms with Gasteiger partial charge in [-0.2, -0.15) is 13.2 Å². The lowest BCUT2D eigenvalue weighted by atomic mass is 9.92. The lowest BCUT2D eigenvalue weighted by molar-refractivity contribution is -0.136. The Morgan fingerprint density at radius 3 is 2.07 bits per heavy atom. The summed E-state index contributed by atoms with van der Waals surface area (Å²) in [5, 5.41) is 0.518. The third kappa shape index (κ3) is 3.43. The van der Waals surface area contributed by atoms with Gasteiger partial charge in [-0.25, -0.2) is 0 Å². The number of para-hydroxylation sites is 1. The predicted molar refractivity (Wildman–Crippen MR) is 101 cm³/mol. The first-order valence-electron chi connectivity index (χ1n) is 8.61. The lowest BCUT2D eigenvalue weighted by Gasteiger charge is -2.16. The summed E-state index contributed by atoms with van der Waals surface area (Å²) in [6.45, 7) is 0. The van der Waals surface area contributed by atoms with E-state index in [0.717, 1.165) is 28.3 Å². The van der Waals surface area contributed by atoms with Gasteiger partial charge in [-0.1, -0.05) is 72.8 Å². The van der Waals surface area contributed by atoms with Crippen molar-refractivity contribution in [3.63, 3.8) is 0 Å². The molecule has 4 rings (SSSR count). The minimum Gasteiger partial charge on any atom is -0.255 e. The summed E-state index contributed by atoms with van der Waals surface area (Å²) in [6, 6.07) is 23.6. The van der Waals surface area contributed by atoms with Crippen LogP contribution in [-0.2, 0) is 12.6 Å². The third-order valence-electron chi connectivity index (χ3n) is 4.58. The summed E-state index contributed by atoms with van der Waals surface area (Å²) in [5.74, 6) is 0. The maximum atomic E-state index is 13.5. The van der Waals surface area contributed by atoms with Crippen molar-refractivity contribution in [3.05, 3.63) is 102 Å². The van der Waals surface area contributed by atoms with Gasteiger partial charge < -0.3 is 0 Å². The Balaban J connectivity index is 1.99. The molecule has 0 spiro atoms. The first kappa shape index (κ1) is 17.3. The molecule has 0 radical (unpaired) electrons.